The summed E-state index contributed by atoms with van der Waals surface area (Å²) >= 11 is 6.10. The molecule has 2 aromatic rings. The van der Waals surface area contributed by atoms with Gasteiger partial charge in [0.2, 0.25) is 0 Å². The summed E-state index contributed by atoms with van der Waals surface area (Å²) in [4.78, 5) is 11.4. The molecule has 0 aliphatic carbocycles. The van der Waals surface area contributed by atoms with Crippen LogP contribution in [0.15, 0.2) is 35.3 Å². The third-order valence-electron chi connectivity index (χ3n) is 6.00. The molecule has 1 aromatic heterocycles. The van der Waals surface area contributed by atoms with Crippen LogP contribution in [0.3, 0.4) is 0 Å². The third-order valence-corrected chi connectivity index (χ3v) is 6.23. The molecular formula is C21H21ClF2N4O2. The van der Waals surface area contributed by atoms with Crippen LogP contribution >= 0.6 is 11.6 Å². The first-order valence-corrected chi connectivity index (χ1v) is 10.2. The number of nitrogens with one attached hydrogen (secondary N) is 1. The van der Waals surface area contributed by atoms with Crippen LogP contribution < -0.4 is 14.8 Å². The number of alkyl halides is 2. The SMILES string of the molecule is CN1CCC2(CC1)Cc1cc3c(nc1NC2=NCc1cccc(Cl)c1)OC(F)(F)O3. The van der Waals surface area contributed by atoms with Gasteiger partial charge in [0, 0.05) is 10.4 Å². The molecule has 0 saturated carbocycles. The van der Waals surface area contributed by atoms with Crippen LogP contribution in [0.4, 0.5) is 14.6 Å². The number of fused-ring (bicyclic) bond motifs is 2. The highest BCUT2D eigenvalue weighted by Gasteiger charge is 2.47. The number of halogens is 3. The van der Waals surface area contributed by atoms with E-state index in [0.717, 1.165) is 42.9 Å². The zero-order valence-corrected chi connectivity index (χ0v) is 17.2. The second-order valence-corrected chi connectivity index (χ2v) is 8.58. The topological polar surface area (TPSA) is 59.0 Å². The first-order valence-electron chi connectivity index (χ1n) is 9.87. The van der Waals surface area contributed by atoms with Crippen molar-refractivity contribution in [2.24, 2.45) is 10.4 Å². The number of likely N-dealkylation sites (tertiary alicyclic amines) is 1. The maximum atomic E-state index is 13.5. The van der Waals surface area contributed by atoms with Crippen LogP contribution in [0.5, 0.6) is 11.6 Å². The van der Waals surface area contributed by atoms with Crippen LogP contribution in [0, 0.1) is 5.41 Å². The molecule has 158 valence electrons. The molecule has 6 nitrogen and oxygen atoms in total. The van der Waals surface area contributed by atoms with Crippen LogP contribution in [-0.4, -0.2) is 42.2 Å². The number of pyridine rings is 1. The molecule has 1 N–H and O–H groups in total. The fourth-order valence-corrected chi connectivity index (χ4v) is 4.55. The molecule has 0 unspecified atom stereocenters. The summed E-state index contributed by atoms with van der Waals surface area (Å²) in [5, 5.41) is 3.99. The quantitative estimate of drug-likeness (QED) is 0.762. The first kappa shape index (κ1) is 19.5. The minimum Gasteiger partial charge on any atom is -0.393 e. The highest BCUT2D eigenvalue weighted by Crippen LogP contribution is 2.47. The molecule has 0 amide bonds. The molecule has 3 aliphatic heterocycles. The number of ether oxygens (including phenoxy) is 2. The smallest absolute Gasteiger partial charge is 0.393 e. The fraction of sp³-hybridized carbons (Fsp3) is 0.429. The van der Waals surface area contributed by atoms with Crippen molar-refractivity contribution in [3.8, 4) is 11.6 Å². The lowest BCUT2D eigenvalue weighted by molar-refractivity contribution is -0.287. The monoisotopic (exact) mass is 434 g/mol. The summed E-state index contributed by atoms with van der Waals surface area (Å²) in [6, 6.07) is 9.21. The minimum atomic E-state index is -3.69. The normalized spacial score (nSPS) is 22.7. The van der Waals surface area contributed by atoms with E-state index in [1.54, 1.807) is 6.07 Å². The Labute approximate surface area is 177 Å². The summed E-state index contributed by atoms with van der Waals surface area (Å²) in [5.74, 6) is 1.09. The number of benzene rings is 1. The summed E-state index contributed by atoms with van der Waals surface area (Å²) in [7, 11) is 2.10. The molecule has 0 radical (unpaired) electrons. The van der Waals surface area contributed by atoms with E-state index < -0.39 is 6.29 Å². The number of aromatic nitrogens is 1. The molecule has 4 heterocycles. The fourth-order valence-electron chi connectivity index (χ4n) is 4.33. The number of hydrogen-bond donors (Lipinski definition) is 1. The van der Waals surface area contributed by atoms with Gasteiger partial charge < -0.3 is 19.7 Å². The van der Waals surface area contributed by atoms with E-state index in [9.17, 15) is 8.78 Å². The Kier molecular flexibility index (Phi) is 4.59. The number of amidine groups is 1. The molecule has 1 fully saturated rings. The van der Waals surface area contributed by atoms with Crippen molar-refractivity contribution in [1.82, 2.24) is 9.88 Å². The Morgan fingerprint density at radius 1 is 1.23 bits per heavy atom. The van der Waals surface area contributed by atoms with Crippen molar-refractivity contribution >= 4 is 23.3 Å². The molecular weight excluding hydrogens is 414 g/mol. The zero-order valence-electron chi connectivity index (χ0n) is 16.4. The number of nitrogens with zero attached hydrogens (tertiary/aromatic N) is 3. The summed E-state index contributed by atoms with van der Waals surface area (Å²) in [6.07, 6.45) is -1.20. The Morgan fingerprint density at radius 2 is 2.03 bits per heavy atom. The van der Waals surface area contributed by atoms with Gasteiger partial charge in [-0.3, -0.25) is 4.99 Å². The lowest BCUT2D eigenvalue weighted by Crippen LogP contribution is -2.49. The number of hydrogen-bond acceptors (Lipinski definition) is 5. The number of piperidine rings is 1. The van der Waals surface area contributed by atoms with E-state index in [0.29, 0.717) is 23.8 Å². The van der Waals surface area contributed by atoms with E-state index in [2.05, 4.69) is 31.7 Å². The van der Waals surface area contributed by atoms with Crippen LogP contribution in [0.1, 0.15) is 24.0 Å². The predicted octanol–water partition coefficient (Wildman–Crippen LogP) is 4.34. The Hall–Kier alpha value is -2.45. The van der Waals surface area contributed by atoms with Gasteiger partial charge in [0.1, 0.15) is 11.7 Å². The van der Waals surface area contributed by atoms with Crippen LogP contribution in [0.25, 0.3) is 0 Å². The van der Waals surface area contributed by atoms with Gasteiger partial charge in [-0.05, 0) is 68.7 Å². The van der Waals surface area contributed by atoms with Crippen molar-refractivity contribution in [3.05, 3.63) is 46.5 Å². The molecule has 1 saturated heterocycles. The van der Waals surface area contributed by atoms with Crippen LogP contribution in [-0.2, 0) is 13.0 Å². The Balaban J connectivity index is 1.50. The second-order valence-electron chi connectivity index (χ2n) is 8.15. The highest BCUT2D eigenvalue weighted by molar-refractivity contribution is 6.30. The average Bonchev–Trinajstić information content (AvgIpc) is 2.99. The maximum absolute atomic E-state index is 13.5. The van der Waals surface area contributed by atoms with Gasteiger partial charge in [-0.1, -0.05) is 23.7 Å². The summed E-state index contributed by atoms with van der Waals surface area (Å²) in [5.41, 5.74) is 1.64. The highest BCUT2D eigenvalue weighted by atomic mass is 35.5. The third kappa shape index (κ3) is 3.58. The predicted molar refractivity (Wildman–Crippen MR) is 110 cm³/mol. The second kappa shape index (κ2) is 7.06. The molecule has 0 bridgehead atoms. The summed E-state index contributed by atoms with van der Waals surface area (Å²) in [6.45, 7) is 2.34. The van der Waals surface area contributed by atoms with E-state index in [-0.39, 0.29) is 17.0 Å². The van der Waals surface area contributed by atoms with E-state index in [4.69, 9.17) is 16.6 Å². The molecule has 1 aromatic carbocycles. The van der Waals surface area contributed by atoms with Crippen LogP contribution in [0.2, 0.25) is 5.02 Å². The van der Waals surface area contributed by atoms with E-state index >= 15 is 0 Å². The molecule has 5 rings (SSSR count). The standard InChI is InChI=1S/C21H21ClF2N4O2/c1-28-7-5-20(6-8-28)11-14-10-16-18(30-21(23,24)29-16)26-17(14)27-19(20)25-12-13-3-2-4-15(22)9-13/h2-4,9-10H,5-8,11-12H2,1H3,(H,25,26,27). The number of anilines is 1. The molecule has 1 spiro atoms. The molecule has 0 atom stereocenters. The van der Waals surface area contributed by atoms with Gasteiger partial charge in [0.05, 0.1) is 6.54 Å². The number of aliphatic imine (C=N–C) groups is 1. The number of rotatable bonds is 2. The maximum Gasteiger partial charge on any atom is 0.587 e. The average molecular weight is 435 g/mol. The molecule has 3 aliphatic rings. The van der Waals surface area contributed by atoms with E-state index in [1.165, 1.54) is 0 Å². The van der Waals surface area contributed by atoms with E-state index in [1.807, 2.05) is 24.3 Å². The first-order chi connectivity index (χ1) is 14.3. The van der Waals surface area contributed by atoms with Gasteiger partial charge >= 0.3 is 6.29 Å². The van der Waals surface area contributed by atoms with Crippen molar-refractivity contribution in [2.45, 2.75) is 32.1 Å². The molecule has 30 heavy (non-hydrogen) atoms. The Bertz CT molecular complexity index is 1020. The van der Waals surface area contributed by atoms with Gasteiger partial charge in [-0.25, -0.2) is 0 Å². The van der Waals surface area contributed by atoms with Gasteiger partial charge in [-0.15, -0.1) is 8.78 Å². The van der Waals surface area contributed by atoms with Gasteiger partial charge in [0.25, 0.3) is 5.88 Å². The van der Waals surface area contributed by atoms with Crippen molar-refractivity contribution in [2.75, 3.05) is 25.5 Å². The Morgan fingerprint density at radius 3 is 2.80 bits per heavy atom. The largest absolute Gasteiger partial charge is 0.587 e. The van der Waals surface area contributed by atoms with Crippen molar-refractivity contribution in [3.63, 3.8) is 0 Å². The molecule has 9 heteroatoms. The lowest BCUT2D eigenvalue weighted by atomic mass is 9.71. The lowest BCUT2D eigenvalue weighted by Gasteiger charge is -2.44. The van der Waals surface area contributed by atoms with Crippen molar-refractivity contribution < 1.29 is 18.3 Å². The van der Waals surface area contributed by atoms with Gasteiger partial charge in [0.15, 0.2) is 5.75 Å². The minimum absolute atomic E-state index is 0.0251. The summed E-state index contributed by atoms with van der Waals surface area (Å²) < 4.78 is 36.1. The van der Waals surface area contributed by atoms with Gasteiger partial charge in [-0.2, -0.15) is 4.98 Å². The zero-order chi connectivity index (χ0) is 20.9. The van der Waals surface area contributed by atoms with Crippen molar-refractivity contribution in [1.29, 1.82) is 0 Å².